The maximum absolute atomic E-state index is 11.5. The van der Waals surface area contributed by atoms with Crippen LogP contribution in [-0.2, 0) is 14.3 Å². The normalized spacial score (nSPS) is 14.9. The number of hydrogen-bond acceptors (Lipinski definition) is 4. The fraction of sp³-hybridized carbons (Fsp3) is 0.800. The number of amides is 1. The molecule has 0 radical (unpaired) electrons. The first-order valence-corrected chi connectivity index (χ1v) is 6.01. The topological polar surface area (TPSA) is 64.6 Å². The van der Waals surface area contributed by atoms with Crippen molar-refractivity contribution in [3.63, 3.8) is 0 Å². The summed E-state index contributed by atoms with van der Waals surface area (Å²) in [7, 11) is 1.28. The third-order valence-electron chi connectivity index (χ3n) is 1.70. The van der Waals surface area contributed by atoms with Crippen molar-refractivity contribution in [1.82, 2.24) is 5.32 Å². The molecule has 0 aromatic rings. The highest BCUT2D eigenvalue weighted by molar-refractivity contribution is 14.1. The third-order valence-corrected chi connectivity index (χ3v) is 3.17. The van der Waals surface area contributed by atoms with E-state index in [4.69, 9.17) is 4.74 Å². The van der Waals surface area contributed by atoms with Gasteiger partial charge in [-0.1, -0.05) is 6.92 Å². The minimum Gasteiger partial charge on any atom is -0.467 e. The zero-order valence-corrected chi connectivity index (χ0v) is 12.4. The molecule has 0 saturated carbocycles. The number of carbonyl (C=O) groups excluding carboxylic acids is 2. The second-order valence-electron chi connectivity index (χ2n) is 4.27. The fourth-order valence-corrected chi connectivity index (χ4v) is 1.35. The molecule has 0 aromatic carbocycles. The molecule has 0 spiro atoms. The summed E-state index contributed by atoms with van der Waals surface area (Å²) >= 11 is 1.85. The van der Waals surface area contributed by atoms with Crippen LogP contribution in [0.2, 0.25) is 0 Å². The summed E-state index contributed by atoms with van der Waals surface area (Å²) in [4.78, 5) is 23.0. The Morgan fingerprint density at radius 1 is 1.31 bits per heavy atom. The van der Waals surface area contributed by atoms with Crippen molar-refractivity contribution in [3.8, 4) is 0 Å². The number of esters is 1. The lowest BCUT2D eigenvalue weighted by Crippen LogP contribution is -2.51. The fourth-order valence-electron chi connectivity index (χ4n) is 0.911. The number of rotatable bonds is 3. The van der Waals surface area contributed by atoms with Crippen LogP contribution in [0.5, 0.6) is 0 Å². The molecule has 1 amide bonds. The summed E-state index contributed by atoms with van der Waals surface area (Å²) in [5.74, 6) is -0.499. The minimum absolute atomic E-state index is 0.416. The first-order valence-electron chi connectivity index (χ1n) is 4.93. The van der Waals surface area contributed by atoms with Gasteiger partial charge in [-0.3, -0.25) is 5.32 Å². The maximum Gasteiger partial charge on any atom is 0.409 e. The van der Waals surface area contributed by atoms with Crippen molar-refractivity contribution in [2.24, 2.45) is 0 Å². The molecular formula is C10H18INO4. The van der Waals surface area contributed by atoms with Crippen molar-refractivity contribution in [2.45, 2.75) is 43.3 Å². The van der Waals surface area contributed by atoms with Gasteiger partial charge >= 0.3 is 12.1 Å². The Bertz CT molecular complexity index is 274. The van der Waals surface area contributed by atoms with Gasteiger partial charge in [0.05, 0.1) is 7.11 Å². The van der Waals surface area contributed by atoms with Crippen molar-refractivity contribution >= 4 is 34.7 Å². The van der Waals surface area contributed by atoms with E-state index in [1.54, 1.807) is 27.7 Å². The van der Waals surface area contributed by atoms with Crippen LogP contribution in [0.25, 0.3) is 0 Å². The Kier molecular flexibility index (Phi) is 5.51. The molecule has 5 nitrogen and oxygen atoms in total. The standard InChI is InChI=1S/C10H18INO4/c1-6-10(11,7(13)15-5)12-8(14)16-9(2,3)4/h6H2,1-5H3,(H,12,14). The van der Waals surface area contributed by atoms with Crippen molar-refractivity contribution < 1.29 is 19.1 Å². The molecule has 1 unspecified atom stereocenters. The van der Waals surface area contributed by atoms with Crippen molar-refractivity contribution in [3.05, 3.63) is 0 Å². The molecule has 16 heavy (non-hydrogen) atoms. The van der Waals surface area contributed by atoms with Gasteiger partial charge in [0.2, 0.25) is 0 Å². The van der Waals surface area contributed by atoms with Crippen LogP contribution >= 0.6 is 22.6 Å². The van der Waals surface area contributed by atoms with Gasteiger partial charge in [-0.05, 0) is 49.8 Å². The summed E-state index contributed by atoms with van der Waals surface area (Å²) in [6.07, 6.45) is -0.214. The zero-order chi connectivity index (χ0) is 13.0. The molecule has 1 atom stereocenters. The van der Waals surface area contributed by atoms with Gasteiger partial charge in [-0.15, -0.1) is 0 Å². The highest BCUT2D eigenvalue weighted by Gasteiger charge is 2.37. The smallest absolute Gasteiger partial charge is 0.409 e. The highest BCUT2D eigenvalue weighted by atomic mass is 127. The average Bonchev–Trinajstić information content (AvgIpc) is 2.13. The molecule has 0 aromatic heterocycles. The quantitative estimate of drug-likeness (QED) is 0.369. The van der Waals surface area contributed by atoms with E-state index in [0.717, 1.165) is 0 Å². The predicted molar refractivity (Wildman–Crippen MR) is 68.4 cm³/mol. The third kappa shape index (κ3) is 5.00. The number of methoxy groups -OCH3 is 1. The number of hydrogen-bond donors (Lipinski definition) is 1. The van der Waals surface area contributed by atoms with Gasteiger partial charge < -0.3 is 9.47 Å². The number of nitrogens with one attached hydrogen (secondary N) is 1. The van der Waals surface area contributed by atoms with Crippen LogP contribution < -0.4 is 5.32 Å². The van der Waals surface area contributed by atoms with Crippen LogP contribution in [0.15, 0.2) is 0 Å². The molecule has 94 valence electrons. The van der Waals surface area contributed by atoms with E-state index in [-0.39, 0.29) is 0 Å². The van der Waals surface area contributed by atoms with Crippen LogP contribution in [0.1, 0.15) is 34.1 Å². The lowest BCUT2D eigenvalue weighted by molar-refractivity contribution is -0.143. The van der Waals surface area contributed by atoms with Crippen molar-refractivity contribution in [2.75, 3.05) is 7.11 Å². The molecule has 0 bridgehead atoms. The summed E-state index contributed by atoms with van der Waals surface area (Å²) in [6.45, 7) is 7.04. The first kappa shape index (κ1) is 15.5. The molecule has 0 fully saturated rings. The molecular weight excluding hydrogens is 325 g/mol. The van der Waals surface area contributed by atoms with Crippen LogP contribution in [-0.4, -0.2) is 28.3 Å². The van der Waals surface area contributed by atoms with E-state index in [0.29, 0.717) is 6.42 Å². The van der Waals surface area contributed by atoms with Crippen molar-refractivity contribution in [1.29, 1.82) is 0 Å². The molecule has 0 aliphatic heterocycles. The minimum atomic E-state index is -1.07. The van der Waals surface area contributed by atoms with Gasteiger partial charge in [-0.25, -0.2) is 9.59 Å². The average molecular weight is 343 g/mol. The molecule has 6 heteroatoms. The van der Waals surface area contributed by atoms with E-state index < -0.39 is 21.2 Å². The predicted octanol–water partition coefficient (Wildman–Crippen LogP) is 2.23. The van der Waals surface area contributed by atoms with Gasteiger partial charge in [0, 0.05) is 0 Å². The van der Waals surface area contributed by atoms with Crippen LogP contribution in [0.3, 0.4) is 0 Å². The lowest BCUT2D eigenvalue weighted by Gasteiger charge is -2.27. The molecule has 0 aliphatic rings. The number of alkyl halides is 1. The van der Waals surface area contributed by atoms with Crippen LogP contribution in [0, 0.1) is 0 Å². The Balaban J connectivity index is 4.55. The Morgan fingerprint density at radius 3 is 2.12 bits per heavy atom. The molecule has 1 N–H and O–H groups in total. The zero-order valence-electron chi connectivity index (χ0n) is 10.2. The molecule has 0 aliphatic carbocycles. The van der Waals surface area contributed by atoms with E-state index >= 15 is 0 Å². The monoisotopic (exact) mass is 343 g/mol. The Labute approximate surface area is 109 Å². The van der Waals surface area contributed by atoms with E-state index in [1.165, 1.54) is 7.11 Å². The second kappa shape index (κ2) is 5.70. The number of halogens is 1. The van der Waals surface area contributed by atoms with E-state index in [9.17, 15) is 9.59 Å². The number of carbonyl (C=O) groups is 2. The molecule has 0 heterocycles. The second-order valence-corrected chi connectivity index (χ2v) is 6.11. The van der Waals surface area contributed by atoms with Crippen LogP contribution in [0.4, 0.5) is 4.79 Å². The maximum atomic E-state index is 11.5. The highest BCUT2D eigenvalue weighted by Crippen LogP contribution is 2.22. The molecule has 0 rings (SSSR count). The SMILES string of the molecule is CCC(I)(NC(=O)OC(C)(C)C)C(=O)OC. The van der Waals surface area contributed by atoms with Gasteiger partial charge in [0.25, 0.3) is 0 Å². The largest absolute Gasteiger partial charge is 0.467 e. The van der Waals surface area contributed by atoms with Gasteiger partial charge in [0.1, 0.15) is 5.60 Å². The van der Waals surface area contributed by atoms with Gasteiger partial charge in [-0.2, -0.15) is 0 Å². The Hall–Kier alpha value is -0.530. The summed E-state index contributed by atoms with van der Waals surface area (Å²) in [5, 5.41) is 2.50. The summed E-state index contributed by atoms with van der Waals surface area (Å²) in [6, 6.07) is 0. The number of alkyl carbamates (subject to hydrolysis) is 1. The van der Waals surface area contributed by atoms with E-state index in [1.807, 2.05) is 22.6 Å². The Morgan fingerprint density at radius 2 is 1.81 bits per heavy atom. The van der Waals surface area contributed by atoms with E-state index in [2.05, 4.69) is 10.1 Å². The summed E-state index contributed by atoms with van der Waals surface area (Å²) < 4.78 is 8.61. The lowest BCUT2D eigenvalue weighted by atomic mass is 10.2. The first-order chi connectivity index (χ1) is 7.14. The van der Waals surface area contributed by atoms with Gasteiger partial charge in [0.15, 0.2) is 3.55 Å². The number of ether oxygens (including phenoxy) is 2. The summed E-state index contributed by atoms with van der Waals surface area (Å²) in [5.41, 5.74) is -0.592. The molecule has 0 saturated heterocycles.